The van der Waals surface area contributed by atoms with Crippen molar-refractivity contribution in [1.82, 2.24) is 14.4 Å². The number of rotatable bonds is 8. The Morgan fingerprint density at radius 3 is 2.29 bits per heavy atom. The van der Waals surface area contributed by atoms with Crippen LogP contribution in [0.5, 0.6) is 0 Å². The van der Waals surface area contributed by atoms with Crippen molar-refractivity contribution in [3.05, 3.63) is 52.2 Å². The summed E-state index contributed by atoms with van der Waals surface area (Å²) in [5.41, 5.74) is 3.24. The first kappa shape index (κ1) is 36.5. The third-order valence-corrected chi connectivity index (χ3v) is 7.32. The average Bonchev–Trinajstić information content (AvgIpc) is 3.28. The molecule has 3 rings (SSSR count). The maximum Gasteiger partial charge on any atom is 0.410 e. The van der Waals surface area contributed by atoms with Crippen molar-refractivity contribution in [1.29, 1.82) is 0 Å². The molecule has 1 aliphatic heterocycles. The van der Waals surface area contributed by atoms with Crippen LogP contribution in [-0.2, 0) is 27.4 Å². The highest BCUT2D eigenvalue weighted by Crippen LogP contribution is 2.40. The van der Waals surface area contributed by atoms with Crippen LogP contribution >= 0.6 is 23.2 Å². The van der Waals surface area contributed by atoms with Crippen molar-refractivity contribution >= 4 is 51.7 Å². The van der Waals surface area contributed by atoms with Crippen molar-refractivity contribution in [3.63, 3.8) is 0 Å². The number of benzene rings is 1. The number of methoxy groups -OCH3 is 1. The number of likely N-dealkylation sites (N-methyl/N-ethyl adjacent to an activating group) is 1. The number of amides is 2. The quantitative estimate of drug-likeness (QED) is 0.281. The van der Waals surface area contributed by atoms with Crippen LogP contribution in [0.2, 0.25) is 10.0 Å². The van der Waals surface area contributed by atoms with E-state index in [4.69, 9.17) is 32.7 Å². The van der Waals surface area contributed by atoms with Crippen LogP contribution in [0.25, 0.3) is 16.5 Å². The van der Waals surface area contributed by atoms with Crippen molar-refractivity contribution in [2.45, 2.75) is 93.5 Å². The number of hydrogen-bond acceptors (Lipinski definition) is 4. The Kier molecular flexibility index (Phi) is 15.0. The van der Waals surface area contributed by atoms with Gasteiger partial charge in [0.2, 0.25) is 5.91 Å². The Bertz CT molecular complexity index is 1210. The van der Waals surface area contributed by atoms with Gasteiger partial charge in [-0.05, 0) is 46.3 Å². The van der Waals surface area contributed by atoms with E-state index in [1.807, 2.05) is 85.4 Å². The first-order valence-electron chi connectivity index (χ1n) is 14.5. The van der Waals surface area contributed by atoms with Crippen molar-refractivity contribution < 1.29 is 19.1 Å². The van der Waals surface area contributed by atoms with E-state index in [1.165, 1.54) is 0 Å². The topological polar surface area (TPSA) is 64.0 Å². The van der Waals surface area contributed by atoms with Gasteiger partial charge in [0, 0.05) is 43.4 Å². The molecule has 0 fully saturated rings. The highest BCUT2D eigenvalue weighted by molar-refractivity contribution is 6.45. The molecular formula is C32H49Cl2N3O4. The van der Waals surface area contributed by atoms with Crippen LogP contribution in [0, 0.1) is 0 Å². The molecule has 1 aliphatic rings. The van der Waals surface area contributed by atoms with Gasteiger partial charge in [0.15, 0.2) is 0 Å². The number of fused-ring (bicyclic) bond motifs is 3. The minimum Gasteiger partial charge on any atom is -0.444 e. The van der Waals surface area contributed by atoms with Gasteiger partial charge in [-0.25, -0.2) is 4.79 Å². The fraction of sp³-hybridized carbons (Fsp3) is 0.562. The third kappa shape index (κ3) is 9.00. The number of aromatic nitrogens is 1. The molecule has 1 aromatic heterocycles. The fourth-order valence-electron chi connectivity index (χ4n) is 4.67. The molecule has 0 bridgehead atoms. The van der Waals surface area contributed by atoms with Gasteiger partial charge in [0.25, 0.3) is 0 Å². The van der Waals surface area contributed by atoms with Gasteiger partial charge in [-0.15, -0.1) is 0 Å². The number of hydrogen-bond donors (Lipinski definition) is 0. The van der Waals surface area contributed by atoms with Crippen LogP contribution in [0.4, 0.5) is 4.79 Å². The van der Waals surface area contributed by atoms with Crippen LogP contribution < -0.4 is 0 Å². The fourth-order valence-corrected chi connectivity index (χ4v) is 5.09. The summed E-state index contributed by atoms with van der Waals surface area (Å²) >= 11 is 13.0. The maximum absolute atomic E-state index is 13.4. The van der Waals surface area contributed by atoms with Crippen molar-refractivity contribution in [2.24, 2.45) is 0 Å². The largest absolute Gasteiger partial charge is 0.444 e. The van der Waals surface area contributed by atoms with Gasteiger partial charge in [-0.2, -0.15) is 0 Å². The molecule has 7 nitrogen and oxygen atoms in total. The summed E-state index contributed by atoms with van der Waals surface area (Å²) in [5.74, 6) is -0.0423. The first-order chi connectivity index (χ1) is 19.4. The lowest BCUT2D eigenvalue weighted by molar-refractivity contribution is -0.135. The van der Waals surface area contributed by atoms with Crippen molar-refractivity contribution in [3.8, 4) is 0 Å². The van der Waals surface area contributed by atoms with Crippen molar-refractivity contribution in [2.75, 3.05) is 26.7 Å². The maximum atomic E-state index is 13.4. The zero-order chi connectivity index (χ0) is 31.5. The molecule has 0 radical (unpaired) electrons. The monoisotopic (exact) mass is 609 g/mol. The molecule has 1 atom stereocenters. The first-order valence-corrected chi connectivity index (χ1v) is 15.3. The summed E-state index contributed by atoms with van der Waals surface area (Å²) in [6.07, 6.45) is 3.09. The molecule has 0 spiro atoms. The molecule has 41 heavy (non-hydrogen) atoms. The van der Waals surface area contributed by atoms with Crippen LogP contribution in [-0.4, -0.2) is 64.8 Å². The number of nitrogens with zero attached hydrogens (tertiary/aromatic N) is 3. The van der Waals surface area contributed by atoms with Gasteiger partial charge in [-0.1, -0.05) is 75.7 Å². The van der Waals surface area contributed by atoms with Gasteiger partial charge >= 0.3 is 6.09 Å². The summed E-state index contributed by atoms with van der Waals surface area (Å²) in [7, 11) is 1.56. The highest BCUT2D eigenvalue weighted by atomic mass is 35.5. The van der Waals surface area contributed by atoms with Gasteiger partial charge < -0.3 is 23.8 Å². The zero-order valence-corrected chi connectivity index (χ0v) is 28.1. The zero-order valence-electron chi connectivity index (χ0n) is 26.6. The van der Waals surface area contributed by atoms with Crippen LogP contribution in [0.1, 0.15) is 80.0 Å². The smallest absolute Gasteiger partial charge is 0.410 e. The highest BCUT2D eigenvalue weighted by Gasteiger charge is 2.31. The van der Waals surface area contributed by atoms with E-state index in [0.29, 0.717) is 36.2 Å². The second-order valence-electron chi connectivity index (χ2n) is 10.1. The van der Waals surface area contributed by atoms with E-state index in [9.17, 15) is 9.59 Å². The summed E-state index contributed by atoms with van der Waals surface area (Å²) < 4.78 is 13.3. The summed E-state index contributed by atoms with van der Waals surface area (Å²) in [6, 6.07) is 3.77. The molecule has 2 heterocycles. The van der Waals surface area contributed by atoms with Gasteiger partial charge in [0.05, 0.1) is 41.2 Å². The van der Waals surface area contributed by atoms with Gasteiger partial charge in [0.1, 0.15) is 5.60 Å². The SMILES string of the molecule is C=C/C(=C\C)c1c2n(c3c(Cl)c(Cl)ccc13)CCN(C(=O)CC(CN(CC)C(=O)OC(C)(C)C)OC)C2.CC.CC. The van der Waals surface area contributed by atoms with E-state index in [-0.39, 0.29) is 18.9 Å². The molecule has 0 N–H and O–H groups in total. The summed E-state index contributed by atoms with van der Waals surface area (Å²) in [4.78, 5) is 29.4. The Morgan fingerprint density at radius 2 is 1.78 bits per heavy atom. The molecule has 0 saturated carbocycles. The van der Waals surface area contributed by atoms with E-state index in [0.717, 1.165) is 27.7 Å². The number of ether oxygens (including phenoxy) is 2. The lowest BCUT2D eigenvalue weighted by Gasteiger charge is -2.32. The van der Waals surface area contributed by atoms with Crippen LogP contribution in [0.15, 0.2) is 30.9 Å². The summed E-state index contributed by atoms with van der Waals surface area (Å²) in [5, 5.41) is 1.98. The molecule has 1 unspecified atom stereocenters. The molecule has 9 heteroatoms. The predicted octanol–water partition coefficient (Wildman–Crippen LogP) is 8.59. The predicted molar refractivity (Wildman–Crippen MR) is 173 cm³/mol. The molecule has 230 valence electrons. The Balaban J connectivity index is 0.00000201. The number of allylic oxidation sites excluding steroid dienone is 3. The lowest BCUT2D eigenvalue weighted by Crippen LogP contribution is -2.44. The Labute approximate surface area is 257 Å². The molecule has 2 amide bonds. The van der Waals surface area contributed by atoms with E-state index in [1.54, 1.807) is 18.1 Å². The molecule has 0 saturated heterocycles. The lowest BCUT2D eigenvalue weighted by atomic mass is 10.0. The minimum absolute atomic E-state index is 0.0423. The second-order valence-corrected chi connectivity index (χ2v) is 10.9. The van der Waals surface area contributed by atoms with Crippen LogP contribution in [0.3, 0.4) is 0 Å². The normalized spacial score (nSPS) is 13.8. The molecule has 0 aliphatic carbocycles. The number of halogens is 2. The average molecular weight is 611 g/mol. The molecule has 2 aromatic rings. The summed E-state index contributed by atoms with van der Waals surface area (Å²) in [6.45, 7) is 23.5. The molecule has 1 aromatic carbocycles. The van der Waals surface area contributed by atoms with E-state index < -0.39 is 17.8 Å². The standard InChI is InChI=1S/C28H37Cl2N3O4.2C2H6/c1-8-18(9-2)24-20-11-12-21(29)25(30)26(20)33-14-13-32(17-22(24)33)23(34)15-19(36-7)16-31(10-3)27(35)37-28(4,5)6;2*1-2/h8-9,11-12,19H,1,10,13-17H2,2-7H3;2*1-2H3/b18-9+;;. The van der Waals surface area contributed by atoms with Gasteiger partial charge in [-0.3, -0.25) is 4.79 Å². The molecular weight excluding hydrogens is 561 g/mol. The van der Waals surface area contributed by atoms with E-state index in [2.05, 4.69) is 11.1 Å². The number of carbonyl (C=O) groups is 2. The Morgan fingerprint density at radius 1 is 1.15 bits per heavy atom. The minimum atomic E-state index is -0.600. The number of carbonyl (C=O) groups excluding carboxylic acids is 2. The second kappa shape index (κ2) is 16.8. The van der Waals surface area contributed by atoms with E-state index >= 15 is 0 Å². The third-order valence-electron chi connectivity index (χ3n) is 6.52. The Hall–Kier alpha value is -2.48.